The van der Waals surface area contributed by atoms with Crippen LogP contribution in [0.15, 0.2) is 41.0 Å². The molecule has 0 atom stereocenters. The van der Waals surface area contributed by atoms with Crippen molar-refractivity contribution in [3.8, 4) is 5.75 Å². The summed E-state index contributed by atoms with van der Waals surface area (Å²) < 4.78 is 12.3. The minimum Gasteiger partial charge on any atom is -0.494 e. The van der Waals surface area contributed by atoms with E-state index in [1.807, 2.05) is 0 Å². The smallest absolute Gasteiger partial charge is 0.262 e. The summed E-state index contributed by atoms with van der Waals surface area (Å²) in [4.78, 5) is 19.4. The van der Waals surface area contributed by atoms with Crippen molar-refractivity contribution < 1.29 is 13.9 Å². The second-order valence-electron chi connectivity index (χ2n) is 5.63. The fourth-order valence-corrected chi connectivity index (χ4v) is 5.34. The van der Waals surface area contributed by atoms with Gasteiger partial charge in [0.2, 0.25) is 0 Å². The summed E-state index contributed by atoms with van der Waals surface area (Å²) in [5.41, 5.74) is 0.891. The van der Waals surface area contributed by atoms with E-state index in [1.54, 1.807) is 43.7 Å². The predicted octanol–water partition coefficient (Wildman–Crippen LogP) is 6.77. The number of methoxy groups -OCH3 is 1. The van der Waals surface area contributed by atoms with Gasteiger partial charge in [-0.1, -0.05) is 46.1 Å². The molecule has 0 aliphatic carbocycles. The summed E-state index contributed by atoms with van der Waals surface area (Å²) in [6, 6.07) is 8.56. The summed E-state index contributed by atoms with van der Waals surface area (Å²) in [6.07, 6.45) is 1.55. The third kappa shape index (κ3) is 3.60. The van der Waals surface area contributed by atoms with Crippen molar-refractivity contribution in [1.82, 2.24) is 4.98 Å². The molecule has 144 valence electrons. The highest BCUT2D eigenvalue weighted by molar-refractivity contribution is 7.23. The van der Waals surface area contributed by atoms with Crippen molar-refractivity contribution in [2.45, 2.75) is 6.54 Å². The van der Waals surface area contributed by atoms with Gasteiger partial charge < -0.3 is 9.15 Å². The summed E-state index contributed by atoms with van der Waals surface area (Å²) in [5.74, 6) is 0.839. The second-order valence-corrected chi connectivity index (χ2v) is 9.30. The van der Waals surface area contributed by atoms with E-state index in [9.17, 15) is 4.79 Å². The monoisotopic (exact) mass is 472 g/mol. The number of hydrogen-bond donors (Lipinski definition) is 0. The molecule has 0 saturated carbocycles. The molecule has 1 amide bonds. The van der Waals surface area contributed by atoms with Crippen molar-refractivity contribution in [3.63, 3.8) is 0 Å². The minimum absolute atomic E-state index is 0.176. The maximum atomic E-state index is 13.3. The SMILES string of the molecule is COc1ccc(Cl)c2sc(N(Cc3ccco3)C(=O)c3cc(Cl)sc3Cl)nc12. The number of furan rings is 1. The average molecular weight is 474 g/mol. The standard InChI is InChI=1S/C18H11Cl3N2O3S2/c1-25-12-5-4-11(19)15-14(12)22-18(28-15)23(8-9-3-2-6-26-9)17(24)10-7-13(20)27-16(10)21/h2-7H,8H2,1H3. The van der Waals surface area contributed by atoms with Gasteiger partial charge in [-0.25, -0.2) is 4.98 Å². The summed E-state index contributed by atoms with van der Waals surface area (Å²) in [7, 11) is 1.56. The lowest BCUT2D eigenvalue weighted by Gasteiger charge is -2.18. The minimum atomic E-state index is -0.335. The zero-order valence-electron chi connectivity index (χ0n) is 14.2. The fourth-order valence-electron chi connectivity index (χ4n) is 2.64. The molecule has 0 saturated heterocycles. The molecule has 3 aromatic heterocycles. The molecule has 0 spiro atoms. The molecular formula is C18H11Cl3N2O3S2. The number of aromatic nitrogens is 1. The lowest BCUT2D eigenvalue weighted by atomic mass is 10.3. The Morgan fingerprint density at radius 1 is 1.25 bits per heavy atom. The molecule has 28 heavy (non-hydrogen) atoms. The number of thiophene rings is 1. The van der Waals surface area contributed by atoms with Crippen LogP contribution >= 0.6 is 57.5 Å². The maximum Gasteiger partial charge on any atom is 0.262 e. The van der Waals surface area contributed by atoms with Crippen molar-refractivity contribution in [2.75, 3.05) is 12.0 Å². The molecule has 0 bridgehead atoms. The van der Waals surface area contributed by atoms with Crippen LogP contribution in [0.25, 0.3) is 10.2 Å². The first-order chi connectivity index (χ1) is 13.5. The Labute approximate surface area is 183 Å². The largest absolute Gasteiger partial charge is 0.494 e. The fraction of sp³-hybridized carbons (Fsp3) is 0.111. The average Bonchev–Trinajstić information content (AvgIpc) is 3.39. The molecule has 1 aromatic carbocycles. The Balaban J connectivity index is 1.83. The number of ether oxygens (including phenoxy) is 1. The highest BCUT2D eigenvalue weighted by atomic mass is 35.5. The van der Waals surface area contributed by atoms with Crippen LogP contribution in [0.5, 0.6) is 5.75 Å². The predicted molar refractivity (Wildman–Crippen MR) is 115 cm³/mol. The molecule has 3 heterocycles. The summed E-state index contributed by atoms with van der Waals surface area (Å²) in [6.45, 7) is 0.176. The van der Waals surface area contributed by atoms with E-state index in [2.05, 4.69) is 4.98 Å². The number of thiazole rings is 1. The van der Waals surface area contributed by atoms with E-state index < -0.39 is 0 Å². The highest BCUT2D eigenvalue weighted by Crippen LogP contribution is 2.40. The molecule has 0 radical (unpaired) electrons. The highest BCUT2D eigenvalue weighted by Gasteiger charge is 2.27. The van der Waals surface area contributed by atoms with Gasteiger partial charge in [-0.05, 0) is 30.3 Å². The van der Waals surface area contributed by atoms with Crippen LogP contribution in [0.4, 0.5) is 5.13 Å². The second kappa shape index (κ2) is 7.93. The van der Waals surface area contributed by atoms with E-state index in [-0.39, 0.29) is 12.5 Å². The number of anilines is 1. The van der Waals surface area contributed by atoms with Crippen LogP contribution in [0, 0.1) is 0 Å². The first-order valence-corrected chi connectivity index (χ1v) is 10.7. The van der Waals surface area contributed by atoms with Gasteiger partial charge in [0.1, 0.15) is 21.4 Å². The summed E-state index contributed by atoms with van der Waals surface area (Å²) in [5, 5.41) is 0.975. The number of carbonyl (C=O) groups excluding carboxylic acids is 1. The van der Waals surface area contributed by atoms with E-state index in [0.29, 0.717) is 41.4 Å². The zero-order chi connectivity index (χ0) is 19.8. The summed E-state index contributed by atoms with van der Waals surface area (Å²) >= 11 is 21.0. The molecule has 4 aromatic rings. The molecule has 0 fully saturated rings. The first-order valence-electron chi connectivity index (χ1n) is 7.90. The van der Waals surface area contributed by atoms with Crippen LogP contribution in [0.3, 0.4) is 0 Å². The van der Waals surface area contributed by atoms with Gasteiger partial charge in [-0.3, -0.25) is 9.69 Å². The van der Waals surface area contributed by atoms with Crippen molar-refractivity contribution in [2.24, 2.45) is 0 Å². The van der Waals surface area contributed by atoms with Crippen LogP contribution in [0.1, 0.15) is 16.1 Å². The number of amides is 1. The van der Waals surface area contributed by atoms with E-state index in [1.165, 1.54) is 16.2 Å². The molecule has 0 aliphatic heterocycles. The quantitative estimate of drug-likeness (QED) is 0.321. The van der Waals surface area contributed by atoms with Gasteiger partial charge in [0.05, 0.1) is 39.5 Å². The Bertz CT molecular complexity index is 1150. The Kier molecular flexibility index (Phi) is 5.53. The molecular weight excluding hydrogens is 463 g/mol. The zero-order valence-corrected chi connectivity index (χ0v) is 18.1. The Morgan fingerprint density at radius 3 is 2.71 bits per heavy atom. The van der Waals surface area contributed by atoms with Crippen molar-refractivity contribution >= 4 is 78.7 Å². The number of benzene rings is 1. The molecule has 0 unspecified atom stereocenters. The molecule has 4 rings (SSSR count). The normalized spacial score (nSPS) is 11.1. The number of fused-ring (bicyclic) bond motifs is 1. The van der Waals surface area contributed by atoms with E-state index >= 15 is 0 Å². The lowest BCUT2D eigenvalue weighted by Crippen LogP contribution is -2.30. The van der Waals surface area contributed by atoms with Crippen LogP contribution < -0.4 is 9.64 Å². The van der Waals surface area contributed by atoms with Gasteiger partial charge in [0.15, 0.2) is 5.13 Å². The van der Waals surface area contributed by atoms with Crippen molar-refractivity contribution in [1.29, 1.82) is 0 Å². The lowest BCUT2D eigenvalue weighted by molar-refractivity contribution is 0.0984. The number of hydrogen-bond acceptors (Lipinski definition) is 6. The topological polar surface area (TPSA) is 55.6 Å². The van der Waals surface area contributed by atoms with Crippen molar-refractivity contribution in [3.05, 3.63) is 61.6 Å². The van der Waals surface area contributed by atoms with Crippen LogP contribution in [0.2, 0.25) is 13.7 Å². The van der Waals surface area contributed by atoms with E-state index in [4.69, 9.17) is 44.0 Å². The first kappa shape index (κ1) is 19.5. The number of halogens is 3. The van der Waals surface area contributed by atoms with Gasteiger partial charge in [-0.15, -0.1) is 11.3 Å². The van der Waals surface area contributed by atoms with E-state index in [0.717, 1.165) is 16.0 Å². The molecule has 0 N–H and O–H groups in total. The molecule has 0 aliphatic rings. The Hall–Kier alpha value is -1.77. The van der Waals surface area contributed by atoms with Gasteiger partial charge in [0, 0.05) is 0 Å². The molecule has 10 heteroatoms. The third-order valence-corrected chi connectivity index (χ3v) is 6.95. The van der Waals surface area contributed by atoms with Crippen LogP contribution in [-0.4, -0.2) is 18.0 Å². The maximum absolute atomic E-state index is 13.3. The van der Waals surface area contributed by atoms with Gasteiger partial charge in [0.25, 0.3) is 5.91 Å². The number of carbonyl (C=O) groups is 1. The number of rotatable bonds is 5. The van der Waals surface area contributed by atoms with Gasteiger partial charge in [-0.2, -0.15) is 0 Å². The Morgan fingerprint density at radius 2 is 2.07 bits per heavy atom. The van der Waals surface area contributed by atoms with Gasteiger partial charge >= 0.3 is 0 Å². The third-order valence-electron chi connectivity index (χ3n) is 3.92. The van der Waals surface area contributed by atoms with Crippen LogP contribution in [-0.2, 0) is 6.54 Å². The molecule has 5 nitrogen and oxygen atoms in total. The number of nitrogens with zero attached hydrogens (tertiary/aromatic N) is 2.